The molecule has 5 rings (SSSR count). The summed E-state index contributed by atoms with van der Waals surface area (Å²) < 4.78 is 44.9. The Morgan fingerprint density at radius 3 is 2.59 bits per heavy atom. The Labute approximate surface area is 213 Å². The molecule has 2 aromatic rings. The fourth-order valence-electron chi connectivity index (χ4n) is 5.85. The van der Waals surface area contributed by atoms with E-state index in [9.17, 15) is 27.9 Å². The quantitative estimate of drug-likeness (QED) is 0.568. The van der Waals surface area contributed by atoms with Gasteiger partial charge in [0.2, 0.25) is 5.91 Å². The van der Waals surface area contributed by atoms with Gasteiger partial charge in [0.05, 0.1) is 36.5 Å². The van der Waals surface area contributed by atoms with Crippen LogP contribution in [-0.2, 0) is 27.9 Å². The molecule has 1 spiro atoms. The fourth-order valence-corrected chi connectivity index (χ4v) is 5.85. The van der Waals surface area contributed by atoms with Gasteiger partial charge in [-0.15, -0.1) is 0 Å². The number of benzene rings is 2. The van der Waals surface area contributed by atoms with Crippen LogP contribution in [0.2, 0.25) is 0 Å². The smallest absolute Gasteiger partial charge is 0.390 e. The minimum absolute atomic E-state index is 0.182. The van der Waals surface area contributed by atoms with Crippen LogP contribution in [0.4, 0.5) is 13.2 Å². The number of rotatable bonds is 5. The van der Waals surface area contributed by atoms with Crippen LogP contribution in [-0.4, -0.2) is 59.6 Å². The highest BCUT2D eigenvalue weighted by molar-refractivity contribution is 5.96. The second kappa shape index (κ2) is 10.1. The molecule has 2 heterocycles. The largest absolute Gasteiger partial charge is 0.416 e. The minimum atomic E-state index is -4.56. The van der Waals surface area contributed by atoms with E-state index in [0.29, 0.717) is 19.7 Å². The number of nitrogens with one attached hydrogen (secondary N) is 2. The SMILES string of the molecule is O=C(CNC(=O)c1cccc(C(F)(F)F)c1)N[C@H]1CN(C2CCC3(CC2)OCc2ccccc23)CC1O. The highest BCUT2D eigenvalue weighted by Crippen LogP contribution is 2.47. The molecule has 0 aromatic heterocycles. The van der Waals surface area contributed by atoms with Gasteiger partial charge in [0, 0.05) is 24.7 Å². The molecule has 2 fully saturated rings. The number of aliphatic hydroxyl groups excluding tert-OH is 1. The maximum absolute atomic E-state index is 12.9. The number of ether oxygens (including phenoxy) is 1. The summed E-state index contributed by atoms with van der Waals surface area (Å²) in [5.41, 5.74) is 1.19. The third kappa shape index (κ3) is 5.37. The Balaban J connectivity index is 1.10. The van der Waals surface area contributed by atoms with Gasteiger partial charge in [-0.1, -0.05) is 30.3 Å². The first-order valence-corrected chi connectivity index (χ1v) is 12.5. The number of β-amino-alcohol motifs (C(OH)–C–C–N with tert-alkyl or cyclic N) is 1. The van der Waals surface area contributed by atoms with E-state index in [1.54, 1.807) is 0 Å². The molecule has 198 valence electrons. The molecular weight excluding hydrogens is 487 g/mol. The monoisotopic (exact) mass is 517 g/mol. The molecule has 2 amide bonds. The summed E-state index contributed by atoms with van der Waals surface area (Å²) in [4.78, 5) is 26.9. The van der Waals surface area contributed by atoms with E-state index in [-0.39, 0.29) is 17.2 Å². The summed E-state index contributed by atoms with van der Waals surface area (Å²) >= 11 is 0. The first-order chi connectivity index (χ1) is 17.6. The lowest BCUT2D eigenvalue weighted by molar-refractivity contribution is -0.137. The van der Waals surface area contributed by atoms with E-state index >= 15 is 0 Å². The van der Waals surface area contributed by atoms with Gasteiger partial charge in [0.15, 0.2) is 0 Å². The summed E-state index contributed by atoms with van der Waals surface area (Å²) in [6, 6.07) is 12.2. The average molecular weight is 518 g/mol. The van der Waals surface area contributed by atoms with Crippen LogP contribution in [0.3, 0.4) is 0 Å². The minimum Gasteiger partial charge on any atom is -0.390 e. The standard InChI is InChI=1S/C27H30F3N3O4/c28-27(29,30)19-6-3-5-17(12-19)25(36)31-13-24(35)32-22-14-33(15-23(22)34)20-8-10-26(11-9-20)21-7-2-1-4-18(21)16-37-26/h1-7,12,20,22-23,34H,8-11,13-16H2,(H,31,36)(H,32,35)/t20?,22-,23?,26?/m0/s1. The van der Waals surface area contributed by atoms with Gasteiger partial charge < -0.3 is 20.5 Å². The predicted molar refractivity (Wildman–Crippen MR) is 128 cm³/mol. The molecule has 1 saturated carbocycles. The molecule has 1 aliphatic carbocycles. The Morgan fingerprint density at radius 1 is 1.08 bits per heavy atom. The topological polar surface area (TPSA) is 90.9 Å². The molecule has 0 bridgehead atoms. The van der Waals surface area contributed by atoms with Crippen LogP contribution < -0.4 is 10.6 Å². The van der Waals surface area contributed by atoms with Gasteiger partial charge in [-0.25, -0.2) is 0 Å². The van der Waals surface area contributed by atoms with Crippen molar-refractivity contribution in [3.8, 4) is 0 Å². The molecule has 2 atom stereocenters. The van der Waals surface area contributed by atoms with Crippen molar-refractivity contribution in [2.24, 2.45) is 0 Å². The van der Waals surface area contributed by atoms with Crippen LogP contribution >= 0.6 is 0 Å². The Bertz CT molecular complexity index is 1160. The van der Waals surface area contributed by atoms with Crippen molar-refractivity contribution in [2.45, 2.75) is 62.3 Å². The van der Waals surface area contributed by atoms with E-state index < -0.39 is 42.2 Å². The molecule has 7 nitrogen and oxygen atoms in total. The van der Waals surface area contributed by atoms with Gasteiger partial charge in [0.25, 0.3) is 5.91 Å². The summed E-state index contributed by atoms with van der Waals surface area (Å²) in [6.07, 6.45) is -1.66. The number of aliphatic hydroxyl groups is 1. The normalized spacial score (nSPS) is 27.7. The van der Waals surface area contributed by atoms with Crippen LogP contribution in [0, 0.1) is 0 Å². The average Bonchev–Trinajstić information content (AvgIpc) is 3.43. The number of halogens is 3. The Hall–Kier alpha value is -2.95. The molecule has 1 saturated heterocycles. The first-order valence-electron chi connectivity index (χ1n) is 12.5. The van der Waals surface area contributed by atoms with Gasteiger partial charge in [-0.3, -0.25) is 14.5 Å². The molecule has 3 aliphatic rings. The number of hydrogen-bond donors (Lipinski definition) is 3. The first kappa shape index (κ1) is 25.7. The molecule has 2 aromatic carbocycles. The van der Waals surface area contributed by atoms with E-state index in [1.807, 2.05) is 12.1 Å². The molecule has 0 radical (unpaired) electrons. The number of likely N-dealkylation sites (tertiary alicyclic amines) is 1. The summed E-state index contributed by atoms with van der Waals surface area (Å²) in [5.74, 6) is -1.29. The number of amides is 2. The van der Waals surface area contributed by atoms with Crippen LogP contribution in [0.15, 0.2) is 48.5 Å². The lowest BCUT2D eigenvalue weighted by Crippen LogP contribution is -2.47. The highest BCUT2D eigenvalue weighted by atomic mass is 19.4. The zero-order chi connectivity index (χ0) is 26.2. The molecular formula is C27H30F3N3O4. The predicted octanol–water partition coefficient (Wildman–Crippen LogP) is 2.96. The lowest BCUT2D eigenvalue weighted by atomic mass is 9.77. The number of alkyl halides is 3. The number of carbonyl (C=O) groups is 2. The van der Waals surface area contributed by atoms with Crippen molar-refractivity contribution in [1.29, 1.82) is 0 Å². The van der Waals surface area contributed by atoms with Gasteiger partial charge in [-0.2, -0.15) is 13.2 Å². The van der Waals surface area contributed by atoms with Gasteiger partial charge in [0.1, 0.15) is 0 Å². The van der Waals surface area contributed by atoms with Crippen molar-refractivity contribution < 1.29 is 32.6 Å². The van der Waals surface area contributed by atoms with Crippen LogP contribution in [0.25, 0.3) is 0 Å². The van der Waals surface area contributed by atoms with Crippen molar-refractivity contribution in [2.75, 3.05) is 19.6 Å². The van der Waals surface area contributed by atoms with Crippen LogP contribution in [0.5, 0.6) is 0 Å². The Morgan fingerprint density at radius 2 is 1.84 bits per heavy atom. The number of nitrogens with zero attached hydrogens (tertiary/aromatic N) is 1. The van der Waals surface area contributed by atoms with Crippen molar-refractivity contribution in [3.63, 3.8) is 0 Å². The maximum Gasteiger partial charge on any atom is 0.416 e. The molecule has 1 unspecified atom stereocenters. The number of hydrogen-bond acceptors (Lipinski definition) is 5. The van der Waals surface area contributed by atoms with Gasteiger partial charge >= 0.3 is 6.18 Å². The summed E-state index contributed by atoms with van der Waals surface area (Å²) in [7, 11) is 0. The van der Waals surface area contributed by atoms with E-state index in [0.717, 1.165) is 43.9 Å². The third-order valence-corrected chi connectivity index (χ3v) is 7.82. The zero-order valence-electron chi connectivity index (χ0n) is 20.3. The molecule has 10 heteroatoms. The Kier molecular flexibility index (Phi) is 6.99. The van der Waals surface area contributed by atoms with Crippen molar-refractivity contribution in [1.82, 2.24) is 15.5 Å². The third-order valence-electron chi connectivity index (χ3n) is 7.82. The number of fused-ring (bicyclic) bond motifs is 2. The number of carbonyl (C=O) groups excluding carboxylic acids is 2. The fraction of sp³-hybridized carbons (Fsp3) is 0.481. The van der Waals surface area contributed by atoms with E-state index in [4.69, 9.17) is 4.74 Å². The second-order valence-corrected chi connectivity index (χ2v) is 10.1. The van der Waals surface area contributed by atoms with Crippen molar-refractivity contribution >= 4 is 11.8 Å². The van der Waals surface area contributed by atoms with Crippen LogP contribution in [0.1, 0.15) is 52.7 Å². The molecule has 3 N–H and O–H groups in total. The summed E-state index contributed by atoms with van der Waals surface area (Å²) in [5, 5.41) is 15.7. The van der Waals surface area contributed by atoms with Gasteiger partial charge in [-0.05, 0) is 55.0 Å². The highest BCUT2D eigenvalue weighted by Gasteiger charge is 2.45. The second-order valence-electron chi connectivity index (χ2n) is 10.1. The van der Waals surface area contributed by atoms with Crippen molar-refractivity contribution in [3.05, 3.63) is 70.8 Å². The molecule has 37 heavy (non-hydrogen) atoms. The lowest BCUT2D eigenvalue weighted by Gasteiger charge is -2.40. The van der Waals surface area contributed by atoms with E-state index in [1.165, 1.54) is 17.2 Å². The maximum atomic E-state index is 12.9. The molecule has 2 aliphatic heterocycles. The van der Waals surface area contributed by atoms with E-state index in [2.05, 4.69) is 27.7 Å². The zero-order valence-corrected chi connectivity index (χ0v) is 20.3. The summed E-state index contributed by atoms with van der Waals surface area (Å²) in [6.45, 7) is 1.17.